The summed E-state index contributed by atoms with van der Waals surface area (Å²) in [6.07, 6.45) is 0. The molecule has 0 unspecified atom stereocenters. The molecular formula is C11H13NO3. The van der Waals surface area contributed by atoms with E-state index in [9.17, 15) is 9.59 Å². The normalized spacial score (nSPS) is 9.93. The van der Waals surface area contributed by atoms with E-state index in [-0.39, 0.29) is 11.3 Å². The molecule has 0 saturated carbocycles. The lowest BCUT2D eigenvalue weighted by atomic mass is 10.1. The first-order valence-corrected chi connectivity index (χ1v) is 4.62. The van der Waals surface area contributed by atoms with Crippen LogP contribution in [0.1, 0.15) is 22.8 Å². The van der Waals surface area contributed by atoms with Gasteiger partial charge in [0.1, 0.15) is 5.78 Å². The number of benzene rings is 1. The lowest BCUT2D eigenvalue weighted by Crippen LogP contribution is -2.20. The fourth-order valence-electron chi connectivity index (χ4n) is 1.15. The Balaban J connectivity index is 2.50. The molecule has 0 bridgehead atoms. The average Bonchev–Trinajstić information content (AvgIpc) is 2.18. The minimum Gasteiger partial charge on any atom is -0.478 e. The number of Topliss-reactive ketones (excluding diaryl/α,β-unsaturated/α-hetero) is 1. The maximum Gasteiger partial charge on any atom is 0.335 e. The Morgan fingerprint density at radius 1 is 1.27 bits per heavy atom. The van der Waals surface area contributed by atoms with Gasteiger partial charge in [-0.15, -0.1) is 0 Å². The van der Waals surface area contributed by atoms with E-state index in [4.69, 9.17) is 5.11 Å². The van der Waals surface area contributed by atoms with Gasteiger partial charge >= 0.3 is 5.97 Å². The summed E-state index contributed by atoms with van der Waals surface area (Å²) in [5, 5.41) is 11.6. The van der Waals surface area contributed by atoms with Crippen LogP contribution in [0.25, 0.3) is 0 Å². The fourth-order valence-corrected chi connectivity index (χ4v) is 1.15. The molecule has 0 aliphatic heterocycles. The first kappa shape index (κ1) is 11.4. The van der Waals surface area contributed by atoms with Crippen LogP contribution in [0.5, 0.6) is 0 Å². The Morgan fingerprint density at radius 2 is 1.87 bits per heavy atom. The van der Waals surface area contributed by atoms with Gasteiger partial charge in [-0.05, 0) is 24.6 Å². The molecule has 1 aromatic carbocycles. The minimum absolute atomic E-state index is 0.0807. The summed E-state index contributed by atoms with van der Waals surface area (Å²) in [5.41, 5.74) is 1.23. The van der Waals surface area contributed by atoms with Crippen LogP contribution in [0.3, 0.4) is 0 Å². The van der Waals surface area contributed by atoms with E-state index in [0.717, 1.165) is 5.56 Å². The van der Waals surface area contributed by atoms with Crippen LogP contribution in [0.2, 0.25) is 0 Å². The Hall–Kier alpha value is -1.68. The van der Waals surface area contributed by atoms with Crippen molar-refractivity contribution in [1.82, 2.24) is 5.32 Å². The number of carbonyl (C=O) groups excluding carboxylic acids is 1. The van der Waals surface area contributed by atoms with Gasteiger partial charge in [-0.25, -0.2) is 4.79 Å². The van der Waals surface area contributed by atoms with Crippen molar-refractivity contribution in [2.24, 2.45) is 0 Å². The van der Waals surface area contributed by atoms with Crippen molar-refractivity contribution in [3.8, 4) is 0 Å². The quantitative estimate of drug-likeness (QED) is 0.757. The topological polar surface area (TPSA) is 66.4 Å². The summed E-state index contributed by atoms with van der Waals surface area (Å²) < 4.78 is 0. The molecular weight excluding hydrogens is 194 g/mol. The molecule has 0 heterocycles. The van der Waals surface area contributed by atoms with Crippen LogP contribution in [-0.2, 0) is 11.3 Å². The zero-order valence-corrected chi connectivity index (χ0v) is 8.49. The van der Waals surface area contributed by atoms with Crippen LogP contribution >= 0.6 is 0 Å². The number of aromatic carboxylic acids is 1. The zero-order valence-electron chi connectivity index (χ0n) is 8.49. The highest BCUT2D eigenvalue weighted by Gasteiger charge is 2.01. The molecule has 4 nitrogen and oxygen atoms in total. The zero-order chi connectivity index (χ0) is 11.3. The largest absolute Gasteiger partial charge is 0.478 e. The second-order valence-corrected chi connectivity index (χ2v) is 3.31. The third-order valence-corrected chi connectivity index (χ3v) is 1.90. The summed E-state index contributed by atoms with van der Waals surface area (Å²) in [5.74, 6) is -0.851. The maximum atomic E-state index is 10.6. The summed E-state index contributed by atoms with van der Waals surface area (Å²) in [6, 6.07) is 6.56. The number of nitrogens with one attached hydrogen (secondary N) is 1. The molecule has 0 aliphatic rings. The van der Waals surface area contributed by atoms with Gasteiger partial charge in [-0.2, -0.15) is 0 Å². The molecule has 0 spiro atoms. The number of hydrogen-bond acceptors (Lipinski definition) is 3. The van der Waals surface area contributed by atoms with Gasteiger partial charge in [-0.3, -0.25) is 4.79 Å². The molecule has 0 aromatic heterocycles. The van der Waals surface area contributed by atoms with Gasteiger partial charge in [0.25, 0.3) is 0 Å². The highest BCUT2D eigenvalue weighted by atomic mass is 16.4. The number of rotatable bonds is 5. The van der Waals surface area contributed by atoms with Gasteiger partial charge in [0.2, 0.25) is 0 Å². The van der Waals surface area contributed by atoms with Crippen molar-refractivity contribution >= 4 is 11.8 Å². The predicted molar refractivity (Wildman–Crippen MR) is 55.8 cm³/mol. The third kappa shape index (κ3) is 3.91. The Kier molecular flexibility index (Phi) is 4.00. The number of hydrogen-bond donors (Lipinski definition) is 2. The summed E-state index contributed by atoms with van der Waals surface area (Å²) >= 11 is 0. The van der Waals surface area contributed by atoms with Crippen LogP contribution in [0, 0.1) is 0 Å². The Labute approximate surface area is 87.9 Å². The average molecular weight is 207 g/mol. The lowest BCUT2D eigenvalue weighted by molar-refractivity contribution is -0.116. The highest BCUT2D eigenvalue weighted by molar-refractivity contribution is 5.87. The van der Waals surface area contributed by atoms with Crippen molar-refractivity contribution in [3.05, 3.63) is 35.4 Å². The van der Waals surface area contributed by atoms with Gasteiger partial charge in [0, 0.05) is 6.54 Å². The second kappa shape index (κ2) is 5.26. The first-order valence-electron chi connectivity index (χ1n) is 4.62. The van der Waals surface area contributed by atoms with Crippen LogP contribution in [0.4, 0.5) is 0 Å². The van der Waals surface area contributed by atoms with Crippen molar-refractivity contribution in [1.29, 1.82) is 0 Å². The Bertz CT molecular complexity index is 357. The number of carboxylic acid groups (broad SMARTS) is 1. The van der Waals surface area contributed by atoms with Crippen molar-refractivity contribution in [2.45, 2.75) is 13.5 Å². The molecule has 0 atom stereocenters. The molecule has 0 aliphatic carbocycles. The second-order valence-electron chi connectivity index (χ2n) is 3.31. The molecule has 4 heteroatoms. The van der Waals surface area contributed by atoms with Gasteiger partial charge in [-0.1, -0.05) is 12.1 Å². The van der Waals surface area contributed by atoms with E-state index in [1.165, 1.54) is 6.92 Å². The van der Waals surface area contributed by atoms with Crippen LogP contribution in [0.15, 0.2) is 24.3 Å². The summed E-state index contributed by atoms with van der Waals surface area (Å²) in [4.78, 5) is 21.2. The van der Waals surface area contributed by atoms with Crippen LogP contribution in [-0.4, -0.2) is 23.4 Å². The van der Waals surface area contributed by atoms with Crippen molar-refractivity contribution < 1.29 is 14.7 Å². The smallest absolute Gasteiger partial charge is 0.335 e. The Morgan fingerprint density at radius 3 is 2.33 bits per heavy atom. The molecule has 0 radical (unpaired) electrons. The molecule has 80 valence electrons. The molecule has 0 amide bonds. The highest BCUT2D eigenvalue weighted by Crippen LogP contribution is 2.03. The maximum absolute atomic E-state index is 10.6. The van der Waals surface area contributed by atoms with Crippen molar-refractivity contribution in [3.63, 3.8) is 0 Å². The SMILES string of the molecule is CC(=O)CNCc1ccc(C(=O)O)cc1. The van der Waals surface area contributed by atoms with Gasteiger partial charge < -0.3 is 10.4 Å². The van der Waals surface area contributed by atoms with E-state index >= 15 is 0 Å². The predicted octanol–water partition coefficient (Wildman–Crippen LogP) is 1.06. The van der Waals surface area contributed by atoms with Crippen molar-refractivity contribution in [2.75, 3.05) is 6.54 Å². The monoisotopic (exact) mass is 207 g/mol. The standard InChI is InChI=1S/C11H13NO3/c1-8(13)6-12-7-9-2-4-10(5-3-9)11(14)15/h2-5,12H,6-7H2,1H3,(H,14,15). The summed E-state index contributed by atoms with van der Waals surface area (Å²) in [7, 11) is 0. The number of ketones is 1. The van der Waals surface area contributed by atoms with Gasteiger partial charge in [0.05, 0.1) is 12.1 Å². The van der Waals surface area contributed by atoms with E-state index < -0.39 is 5.97 Å². The van der Waals surface area contributed by atoms with E-state index in [2.05, 4.69) is 5.32 Å². The van der Waals surface area contributed by atoms with Crippen LogP contribution < -0.4 is 5.32 Å². The molecule has 0 fully saturated rings. The summed E-state index contributed by atoms with van der Waals surface area (Å²) in [6.45, 7) is 2.42. The number of carboxylic acids is 1. The molecule has 2 N–H and O–H groups in total. The lowest BCUT2D eigenvalue weighted by Gasteiger charge is -2.02. The van der Waals surface area contributed by atoms with E-state index in [0.29, 0.717) is 13.1 Å². The van der Waals surface area contributed by atoms with E-state index in [1.807, 2.05) is 0 Å². The minimum atomic E-state index is -0.932. The molecule has 1 rings (SSSR count). The molecule has 15 heavy (non-hydrogen) atoms. The number of carbonyl (C=O) groups is 2. The first-order chi connectivity index (χ1) is 7.09. The fraction of sp³-hybridized carbons (Fsp3) is 0.273. The van der Waals surface area contributed by atoms with Gasteiger partial charge in [0.15, 0.2) is 0 Å². The molecule has 0 saturated heterocycles. The third-order valence-electron chi connectivity index (χ3n) is 1.90. The molecule has 1 aromatic rings. The van der Waals surface area contributed by atoms with E-state index in [1.54, 1.807) is 24.3 Å².